The van der Waals surface area contributed by atoms with E-state index in [1.165, 1.54) is 4.68 Å². The highest BCUT2D eigenvalue weighted by Gasteiger charge is 2.04. The fourth-order valence-electron chi connectivity index (χ4n) is 0.798. The quantitative estimate of drug-likeness (QED) is 0.685. The number of aromatic nitrogens is 2. The minimum absolute atomic E-state index is 0.187. The van der Waals surface area contributed by atoms with Crippen molar-refractivity contribution in [3.8, 4) is 0 Å². The molecule has 12 heavy (non-hydrogen) atoms. The molecular formula is C6H10N2O3S. The first-order valence-corrected chi connectivity index (χ1v) is 5.02. The van der Waals surface area contributed by atoms with Gasteiger partial charge in [0.2, 0.25) is 0 Å². The Hall–Kier alpha value is -0.880. The molecule has 0 aromatic carbocycles. The van der Waals surface area contributed by atoms with E-state index in [2.05, 4.69) is 5.10 Å². The lowest BCUT2D eigenvalue weighted by molar-refractivity contribution is 0.475. The van der Waals surface area contributed by atoms with Gasteiger partial charge in [0.15, 0.2) is 0 Å². The van der Waals surface area contributed by atoms with E-state index in [0.717, 1.165) is 5.56 Å². The molecule has 6 heteroatoms. The number of aryl methyl sites for hydroxylation is 2. The van der Waals surface area contributed by atoms with Gasteiger partial charge in [0, 0.05) is 6.20 Å². The minimum atomic E-state index is -3.87. The van der Waals surface area contributed by atoms with E-state index in [0.29, 0.717) is 0 Å². The van der Waals surface area contributed by atoms with Gasteiger partial charge in [-0.3, -0.25) is 9.23 Å². The molecule has 0 aliphatic carbocycles. The smallest absolute Gasteiger partial charge is 0.266 e. The molecule has 1 aromatic heterocycles. The molecule has 1 N–H and O–H groups in total. The molecule has 0 amide bonds. The third-order valence-corrected chi connectivity index (χ3v) is 2.04. The fourth-order valence-corrected chi connectivity index (χ4v) is 1.22. The van der Waals surface area contributed by atoms with Gasteiger partial charge < -0.3 is 0 Å². The van der Waals surface area contributed by atoms with E-state index < -0.39 is 10.1 Å². The van der Waals surface area contributed by atoms with Gasteiger partial charge in [0.05, 0.1) is 18.5 Å². The molecule has 0 unspecified atom stereocenters. The Labute approximate surface area is 70.8 Å². The SMILES string of the molecule is Cc1cnn(CCS(=O)(=O)O)c1. The van der Waals surface area contributed by atoms with Crippen LogP contribution in [-0.2, 0) is 16.7 Å². The van der Waals surface area contributed by atoms with Crippen molar-refractivity contribution < 1.29 is 13.0 Å². The summed E-state index contributed by atoms with van der Waals surface area (Å²) in [5, 5.41) is 3.86. The topological polar surface area (TPSA) is 72.2 Å². The maximum Gasteiger partial charge on any atom is 0.266 e. The van der Waals surface area contributed by atoms with Crippen LogP contribution in [0.3, 0.4) is 0 Å². The largest absolute Gasteiger partial charge is 0.285 e. The van der Waals surface area contributed by atoms with Crippen LogP contribution in [0, 0.1) is 6.92 Å². The predicted octanol–water partition coefficient (Wildman–Crippen LogP) is 0.0793. The second-order valence-corrected chi connectivity index (χ2v) is 4.14. The molecule has 0 saturated carbocycles. The average Bonchev–Trinajstić information content (AvgIpc) is 2.30. The lowest BCUT2D eigenvalue weighted by atomic mass is 10.4. The van der Waals surface area contributed by atoms with Crippen LogP contribution in [0.2, 0.25) is 0 Å². The summed E-state index contributed by atoms with van der Waals surface area (Å²) in [6.07, 6.45) is 3.34. The van der Waals surface area contributed by atoms with E-state index in [4.69, 9.17) is 4.55 Å². The molecule has 0 fully saturated rings. The fraction of sp³-hybridized carbons (Fsp3) is 0.500. The predicted molar refractivity (Wildman–Crippen MR) is 43.4 cm³/mol. The molecule has 1 rings (SSSR count). The summed E-state index contributed by atoms with van der Waals surface area (Å²) in [5.41, 5.74) is 0.963. The van der Waals surface area contributed by atoms with Crippen molar-refractivity contribution in [2.24, 2.45) is 0 Å². The summed E-state index contributed by atoms with van der Waals surface area (Å²) in [6, 6.07) is 0. The van der Waals surface area contributed by atoms with Crippen molar-refractivity contribution in [2.75, 3.05) is 5.75 Å². The Morgan fingerprint density at radius 2 is 2.33 bits per heavy atom. The molecule has 0 radical (unpaired) electrons. The Morgan fingerprint density at radius 1 is 1.67 bits per heavy atom. The molecular weight excluding hydrogens is 180 g/mol. The lowest BCUT2D eigenvalue weighted by Gasteiger charge is -1.97. The molecule has 0 bridgehead atoms. The highest BCUT2D eigenvalue weighted by atomic mass is 32.2. The zero-order valence-corrected chi connectivity index (χ0v) is 7.45. The van der Waals surface area contributed by atoms with E-state index in [1.54, 1.807) is 12.4 Å². The van der Waals surface area contributed by atoms with Crippen LogP contribution in [0.25, 0.3) is 0 Å². The van der Waals surface area contributed by atoms with Crippen LogP contribution >= 0.6 is 0 Å². The van der Waals surface area contributed by atoms with Crippen molar-refractivity contribution >= 4 is 10.1 Å². The maximum absolute atomic E-state index is 10.3. The van der Waals surface area contributed by atoms with Crippen LogP contribution in [0.5, 0.6) is 0 Å². The van der Waals surface area contributed by atoms with Crippen molar-refractivity contribution in [1.29, 1.82) is 0 Å². The van der Waals surface area contributed by atoms with E-state index >= 15 is 0 Å². The van der Waals surface area contributed by atoms with Gasteiger partial charge in [-0.15, -0.1) is 0 Å². The molecule has 0 aliphatic rings. The summed E-state index contributed by atoms with van der Waals surface area (Å²) < 4.78 is 30.5. The zero-order valence-electron chi connectivity index (χ0n) is 6.64. The number of hydrogen-bond donors (Lipinski definition) is 1. The van der Waals surface area contributed by atoms with Crippen LogP contribution in [-0.4, -0.2) is 28.5 Å². The minimum Gasteiger partial charge on any atom is -0.285 e. The second-order valence-electron chi connectivity index (χ2n) is 2.57. The molecule has 0 aliphatic heterocycles. The van der Waals surface area contributed by atoms with Gasteiger partial charge in [-0.25, -0.2) is 0 Å². The number of rotatable bonds is 3. The molecule has 5 nitrogen and oxygen atoms in total. The van der Waals surface area contributed by atoms with Gasteiger partial charge in [-0.1, -0.05) is 0 Å². The van der Waals surface area contributed by atoms with Gasteiger partial charge in [-0.2, -0.15) is 13.5 Å². The maximum atomic E-state index is 10.3. The van der Waals surface area contributed by atoms with Gasteiger partial charge in [-0.05, 0) is 12.5 Å². The van der Waals surface area contributed by atoms with Crippen LogP contribution < -0.4 is 0 Å². The third-order valence-electron chi connectivity index (χ3n) is 1.34. The van der Waals surface area contributed by atoms with Crippen molar-refractivity contribution in [3.05, 3.63) is 18.0 Å². The Kier molecular flexibility index (Phi) is 2.49. The van der Waals surface area contributed by atoms with E-state index in [1.807, 2.05) is 6.92 Å². The molecule has 0 spiro atoms. The van der Waals surface area contributed by atoms with Crippen molar-refractivity contribution in [3.63, 3.8) is 0 Å². The van der Waals surface area contributed by atoms with E-state index in [9.17, 15) is 8.42 Å². The summed E-state index contributed by atoms with van der Waals surface area (Å²) in [6.45, 7) is 2.05. The first kappa shape index (κ1) is 9.21. The highest BCUT2D eigenvalue weighted by Crippen LogP contribution is 1.94. The molecule has 0 atom stereocenters. The Bertz CT molecular complexity index is 355. The first-order chi connectivity index (χ1) is 5.47. The van der Waals surface area contributed by atoms with Crippen LogP contribution in [0.4, 0.5) is 0 Å². The van der Waals surface area contributed by atoms with Gasteiger partial charge in [0.25, 0.3) is 10.1 Å². The monoisotopic (exact) mass is 190 g/mol. The van der Waals surface area contributed by atoms with Crippen LogP contribution in [0.15, 0.2) is 12.4 Å². The van der Waals surface area contributed by atoms with Crippen LogP contribution in [0.1, 0.15) is 5.56 Å². The third kappa shape index (κ3) is 3.02. The van der Waals surface area contributed by atoms with E-state index in [-0.39, 0.29) is 12.3 Å². The highest BCUT2D eigenvalue weighted by molar-refractivity contribution is 7.85. The zero-order chi connectivity index (χ0) is 9.19. The average molecular weight is 190 g/mol. The summed E-state index contributed by atoms with van der Waals surface area (Å²) in [7, 11) is -3.87. The first-order valence-electron chi connectivity index (χ1n) is 3.41. The summed E-state index contributed by atoms with van der Waals surface area (Å²) in [5.74, 6) is -0.298. The number of hydrogen-bond acceptors (Lipinski definition) is 3. The second kappa shape index (κ2) is 3.24. The van der Waals surface area contributed by atoms with Crippen molar-refractivity contribution in [1.82, 2.24) is 9.78 Å². The van der Waals surface area contributed by atoms with Gasteiger partial charge in [0.1, 0.15) is 0 Å². The van der Waals surface area contributed by atoms with Crippen molar-refractivity contribution in [2.45, 2.75) is 13.5 Å². The normalized spacial score (nSPS) is 11.8. The molecule has 68 valence electrons. The molecule has 1 heterocycles. The summed E-state index contributed by atoms with van der Waals surface area (Å²) in [4.78, 5) is 0. The Morgan fingerprint density at radius 3 is 2.75 bits per heavy atom. The summed E-state index contributed by atoms with van der Waals surface area (Å²) >= 11 is 0. The Balaban J connectivity index is 2.55. The van der Waals surface area contributed by atoms with Gasteiger partial charge >= 0.3 is 0 Å². The standard InChI is InChI=1S/C6H10N2O3S/c1-6-4-7-8(5-6)2-3-12(9,10)11/h4-5H,2-3H2,1H3,(H,9,10,11). The molecule has 1 aromatic rings. The molecule has 0 saturated heterocycles. The number of nitrogens with zero attached hydrogens (tertiary/aromatic N) is 2. The lowest BCUT2D eigenvalue weighted by Crippen LogP contribution is -2.11.